The Morgan fingerprint density at radius 2 is 2.05 bits per heavy atom. The molecular weight excluding hydrogens is 244 g/mol. The highest BCUT2D eigenvalue weighted by molar-refractivity contribution is 5.94. The van der Waals surface area contributed by atoms with Crippen LogP contribution in [-0.4, -0.2) is 55.9 Å². The molecule has 0 radical (unpaired) electrons. The fourth-order valence-electron chi connectivity index (χ4n) is 1.85. The summed E-state index contributed by atoms with van der Waals surface area (Å²) in [5.41, 5.74) is 7.19. The minimum Gasteiger partial charge on any atom is -0.389 e. The standard InChI is InChI=1S/C14H22N2O3/c1-16(9-13(17)10-19-2)14(18)12-5-3-11(4-6-12)7-8-15/h3-6,13,17H,7-10,15H2,1-2H3. The highest BCUT2D eigenvalue weighted by Crippen LogP contribution is 2.08. The lowest BCUT2D eigenvalue weighted by Gasteiger charge is -2.20. The van der Waals surface area contributed by atoms with Crippen LogP contribution in [0.4, 0.5) is 0 Å². The molecule has 0 heterocycles. The van der Waals surface area contributed by atoms with Crippen molar-refractivity contribution < 1.29 is 14.6 Å². The third kappa shape index (κ3) is 4.98. The third-order valence-corrected chi connectivity index (χ3v) is 2.82. The van der Waals surface area contributed by atoms with Crippen molar-refractivity contribution in [1.82, 2.24) is 4.90 Å². The Kier molecular flexibility index (Phi) is 6.49. The Labute approximate surface area is 114 Å². The maximum atomic E-state index is 12.1. The quantitative estimate of drug-likeness (QED) is 0.742. The van der Waals surface area contributed by atoms with E-state index in [9.17, 15) is 9.90 Å². The third-order valence-electron chi connectivity index (χ3n) is 2.82. The van der Waals surface area contributed by atoms with Crippen LogP contribution in [0.2, 0.25) is 0 Å². The van der Waals surface area contributed by atoms with Crippen LogP contribution in [0.25, 0.3) is 0 Å². The van der Waals surface area contributed by atoms with Crippen LogP contribution >= 0.6 is 0 Å². The van der Waals surface area contributed by atoms with Gasteiger partial charge in [0.05, 0.1) is 12.7 Å². The van der Waals surface area contributed by atoms with E-state index < -0.39 is 6.10 Å². The Bertz CT molecular complexity index is 392. The molecule has 1 aromatic rings. The van der Waals surface area contributed by atoms with Gasteiger partial charge in [0.25, 0.3) is 5.91 Å². The fraction of sp³-hybridized carbons (Fsp3) is 0.500. The van der Waals surface area contributed by atoms with Crippen molar-refractivity contribution >= 4 is 5.91 Å². The molecule has 0 spiro atoms. The van der Waals surface area contributed by atoms with Crippen molar-refractivity contribution in [2.75, 3.05) is 33.9 Å². The number of nitrogens with zero attached hydrogens (tertiary/aromatic N) is 1. The molecule has 106 valence electrons. The fourth-order valence-corrected chi connectivity index (χ4v) is 1.85. The van der Waals surface area contributed by atoms with E-state index in [-0.39, 0.29) is 19.1 Å². The van der Waals surface area contributed by atoms with Gasteiger partial charge in [-0.1, -0.05) is 12.1 Å². The average Bonchev–Trinajstić information content (AvgIpc) is 2.39. The number of hydrogen-bond acceptors (Lipinski definition) is 4. The lowest BCUT2D eigenvalue weighted by molar-refractivity contribution is 0.0380. The molecule has 1 aromatic carbocycles. The molecular formula is C14H22N2O3. The minimum absolute atomic E-state index is 0.116. The normalized spacial score (nSPS) is 12.2. The maximum Gasteiger partial charge on any atom is 0.253 e. The van der Waals surface area contributed by atoms with E-state index in [0.717, 1.165) is 12.0 Å². The van der Waals surface area contributed by atoms with Crippen molar-refractivity contribution in [3.8, 4) is 0 Å². The Hall–Kier alpha value is -1.43. The molecule has 0 saturated carbocycles. The molecule has 19 heavy (non-hydrogen) atoms. The number of carbonyl (C=O) groups excluding carboxylic acids is 1. The van der Waals surface area contributed by atoms with Gasteiger partial charge < -0.3 is 20.5 Å². The number of carbonyl (C=O) groups is 1. The van der Waals surface area contributed by atoms with E-state index in [0.29, 0.717) is 12.1 Å². The Morgan fingerprint density at radius 1 is 1.42 bits per heavy atom. The van der Waals surface area contributed by atoms with Crippen molar-refractivity contribution in [3.05, 3.63) is 35.4 Å². The summed E-state index contributed by atoms with van der Waals surface area (Å²) in [5, 5.41) is 9.60. The van der Waals surface area contributed by atoms with Crippen LogP contribution < -0.4 is 5.73 Å². The number of hydrogen-bond donors (Lipinski definition) is 2. The molecule has 1 atom stereocenters. The summed E-state index contributed by atoms with van der Waals surface area (Å²) in [6.45, 7) is 1.06. The highest BCUT2D eigenvalue weighted by Gasteiger charge is 2.15. The molecule has 0 aliphatic carbocycles. The largest absolute Gasteiger partial charge is 0.389 e. The first-order valence-electron chi connectivity index (χ1n) is 6.30. The van der Waals surface area contributed by atoms with E-state index in [1.54, 1.807) is 19.2 Å². The van der Waals surface area contributed by atoms with Gasteiger partial charge in [0.15, 0.2) is 0 Å². The first kappa shape index (κ1) is 15.6. The Balaban J connectivity index is 2.60. The zero-order valence-electron chi connectivity index (χ0n) is 11.5. The summed E-state index contributed by atoms with van der Waals surface area (Å²) < 4.78 is 4.83. The van der Waals surface area contributed by atoms with Crippen LogP contribution in [0, 0.1) is 0 Å². The van der Waals surface area contributed by atoms with Gasteiger partial charge in [-0.25, -0.2) is 0 Å². The number of benzene rings is 1. The number of rotatable bonds is 7. The summed E-state index contributed by atoms with van der Waals surface area (Å²) in [5.74, 6) is -0.116. The summed E-state index contributed by atoms with van der Waals surface area (Å²) in [4.78, 5) is 13.6. The van der Waals surface area contributed by atoms with E-state index in [1.807, 2.05) is 12.1 Å². The first-order chi connectivity index (χ1) is 9.08. The predicted molar refractivity (Wildman–Crippen MR) is 74.0 cm³/mol. The van der Waals surface area contributed by atoms with Crippen LogP contribution in [0.3, 0.4) is 0 Å². The Morgan fingerprint density at radius 3 is 2.58 bits per heavy atom. The zero-order chi connectivity index (χ0) is 14.3. The summed E-state index contributed by atoms with van der Waals surface area (Å²) >= 11 is 0. The van der Waals surface area contributed by atoms with Gasteiger partial charge in [0, 0.05) is 26.3 Å². The molecule has 5 heteroatoms. The maximum absolute atomic E-state index is 12.1. The zero-order valence-corrected chi connectivity index (χ0v) is 11.5. The minimum atomic E-state index is -0.671. The molecule has 1 amide bonds. The van der Waals surface area contributed by atoms with Crippen LogP contribution in [0.1, 0.15) is 15.9 Å². The van der Waals surface area contributed by atoms with Crippen molar-refractivity contribution in [2.45, 2.75) is 12.5 Å². The van der Waals surface area contributed by atoms with Crippen LogP contribution in [-0.2, 0) is 11.2 Å². The number of aliphatic hydroxyl groups is 1. The second kappa shape index (κ2) is 7.89. The summed E-state index contributed by atoms with van der Waals surface area (Å²) in [6.07, 6.45) is 0.132. The molecule has 0 aliphatic heterocycles. The smallest absolute Gasteiger partial charge is 0.253 e. The second-order valence-electron chi connectivity index (χ2n) is 4.53. The van der Waals surface area contributed by atoms with E-state index in [2.05, 4.69) is 0 Å². The van der Waals surface area contributed by atoms with Gasteiger partial charge in [0.1, 0.15) is 0 Å². The number of amides is 1. The van der Waals surface area contributed by atoms with Gasteiger partial charge >= 0.3 is 0 Å². The second-order valence-corrected chi connectivity index (χ2v) is 4.53. The van der Waals surface area contributed by atoms with Gasteiger partial charge in [-0.2, -0.15) is 0 Å². The van der Waals surface area contributed by atoms with Crippen LogP contribution in [0.15, 0.2) is 24.3 Å². The predicted octanol–water partition coefficient (Wildman–Crippen LogP) is 0.267. The van der Waals surface area contributed by atoms with Crippen molar-refractivity contribution in [2.24, 2.45) is 5.73 Å². The van der Waals surface area contributed by atoms with Gasteiger partial charge in [0.2, 0.25) is 0 Å². The molecule has 1 rings (SSSR count). The van der Waals surface area contributed by atoms with Gasteiger partial charge in [-0.3, -0.25) is 4.79 Å². The molecule has 3 N–H and O–H groups in total. The monoisotopic (exact) mass is 266 g/mol. The lowest BCUT2D eigenvalue weighted by Crippen LogP contribution is -2.36. The van der Waals surface area contributed by atoms with Crippen molar-refractivity contribution in [3.63, 3.8) is 0 Å². The lowest BCUT2D eigenvalue weighted by atomic mass is 10.1. The number of likely N-dealkylation sites (N-methyl/N-ethyl adjacent to an activating group) is 1. The SMILES string of the molecule is COCC(O)CN(C)C(=O)c1ccc(CCN)cc1. The van der Waals surface area contributed by atoms with E-state index in [1.165, 1.54) is 12.0 Å². The van der Waals surface area contributed by atoms with E-state index in [4.69, 9.17) is 10.5 Å². The molecule has 1 unspecified atom stereocenters. The topological polar surface area (TPSA) is 75.8 Å². The van der Waals surface area contributed by atoms with Gasteiger partial charge in [-0.05, 0) is 30.7 Å². The molecule has 0 aromatic heterocycles. The molecule has 0 fully saturated rings. The summed E-state index contributed by atoms with van der Waals surface area (Å²) in [6, 6.07) is 7.37. The first-order valence-corrected chi connectivity index (χ1v) is 6.30. The van der Waals surface area contributed by atoms with E-state index >= 15 is 0 Å². The average molecular weight is 266 g/mol. The molecule has 0 saturated heterocycles. The number of aliphatic hydroxyl groups excluding tert-OH is 1. The number of ether oxygens (including phenoxy) is 1. The van der Waals surface area contributed by atoms with Crippen LogP contribution in [0.5, 0.6) is 0 Å². The molecule has 0 aliphatic rings. The van der Waals surface area contributed by atoms with Gasteiger partial charge in [-0.15, -0.1) is 0 Å². The number of nitrogens with two attached hydrogens (primary N) is 1. The molecule has 5 nitrogen and oxygen atoms in total. The highest BCUT2D eigenvalue weighted by atomic mass is 16.5. The molecule has 0 bridgehead atoms. The number of methoxy groups -OCH3 is 1. The van der Waals surface area contributed by atoms with Crippen molar-refractivity contribution in [1.29, 1.82) is 0 Å². The summed E-state index contributed by atoms with van der Waals surface area (Å²) in [7, 11) is 3.18.